The summed E-state index contributed by atoms with van der Waals surface area (Å²) in [5.41, 5.74) is -2.24. The van der Waals surface area contributed by atoms with Crippen LogP contribution in [0.4, 0.5) is 18.0 Å². The number of fused-ring (bicyclic) bond motifs is 1. The standard InChI is InChI=1S/C27H23F3N4O6/c1-3-15(2)32-14-34(27(38)39)33-12-19(25(36)31-11-18-20(29)9-17(28)10-21(18)30)23(35)24(22(33)26(32)37)40-13-16-7-5-4-6-8-16/h3-10,12,15H,1,11,13-14H2,2H3,(H,31,36)(H,38,39). The van der Waals surface area contributed by atoms with E-state index >= 15 is 0 Å². The second-order valence-corrected chi connectivity index (χ2v) is 8.77. The molecule has 40 heavy (non-hydrogen) atoms. The van der Waals surface area contributed by atoms with E-state index in [-0.39, 0.29) is 6.61 Å². The van der Waals surface area contributed by atoms with Gasteiger partial charge in [-0.15, -0.1) is 6.58 Å². The molecule has 1 aliphatic heterocycles. The highest BCUT2D eigenvalue weighted by molar-refractivity contribution is 6.01. The van der Waals surface area contributed by atoms with Crippen LogP contribution in [0.1, 0.15) is 38.9 Å². The third-order valence-electron chi connectivity index (χ3n) is 6.21. The normalized spacial score (nSPS) is 13.4. The van der Waals surface area contributed by atoms with Crippen LogP contribution in [-0.2, 0) is 13.2 Å². The lowest BCUT2D eigenvalue weighted by Crippen LogP contribution is -2.58. The van der Waals surface area contributed by atoms with Crippen molar-refractivity contribution in [2.45, 2.75) is 26.1 Å². The Bertz CT molecular complexity index is 1540. The molecule has 0 radical (unpaired) electrons. The van der Waals surface area contributed by atoms with Crippen LogP contribution < -0.4 is 20.5 Å². The van der Waals surface area contributed by atoms with Gasteiger partial charge in [-0.25, -0.2) is 22.6 Å². The number of carbonyl (C=O) groups is 3. The molecule has 3 aromatic rings. The summed E-state index contributed by atoms with van der Waals surface area (Å²) in [5, 5.41) is 12.7. The lowest BCUT2D eigenvalue weighted by molar-refractivity contribution is 0.0646. The zero-order valence-corrected chi connectivity index (χ0v) is 21.1. The molecule has 13 heteroatoms. The first kappa shape index (κ1) is 28.0. The zero-order chi connectivity index (χ0) is 29.1. The molecular formula is C27H23F3N4O6. The number of rotatable bonds is 8. The molecule has 4 rings (SSSR count). The molecule has 0 spiro atoms. The number of aromatic nitrogens is 1. The minimum absolute atomic E-state index is 0.211. The van der Waals surface area contributed by atoms with Crippen molar-refractivity contribution in [3.8, 4) is 5.75 Å². The fraction of sp³-hybridized carbons (Fsp3) is 0.185. The van der Waals surface area contributed by atoms with Crippen LogP contribution >= 0.6 is 0 Å². The second kappa shape index (κ2) is 11.4. The maximum Gasteiger partial charge on any atom is 0.428 e. The summed E-state index contributed by atoms with van der Waals surface area (Å²) in [5.74, 6) is -6.18. The molecule has 1 aliphatic rings. The van der Waals surface area contributed by atoms with Crippen LogP contribution in [-0.4, -0.2) is 45.3 Å². The van der Waals surface area contributed by atoms with Gasteiger partial charge in [0.15, 0.2) is 11.4 Å². The van der Waals surface area contributed by atoms with E-state index in [9.17, 15) is 37.5 Å². The first-order chi connectivity index (χ1) is 19.0. The number of ether oxygens (including phenoxy) is 1. The van der Waals surface area contributed by atoms with Crippen LogP contribution in [0.15, 0.2) is 66.1 Å². The summed E-state index contributed by atoms with van der Waals surface area (Å²) < 4.78 is 47.9. The number of nitrogens with zero attached hydrogens (tertiary/aromatic N) is 3. The van der Waals surface area contributed by atoms with E-state index in [0.29, 0.717) is 22.7 Å². The minimum atomic E-state index is -1.52. The van der Waals surface area contributed by atoms with Gasteiger partial charge in [0.2, 0.25) is 5.43 Å². The average molecular weight is 556 g/mol. The fourth-order valence-corrected chi connectivity index (χ4v) is 4.00. The van der Waals surface area contributed by atoms with Gasteiger partial charge >= 0.3 is 6.09 Å². The molecule has 0 fully saturated rings. The molecule has 2 aromatic carbocycles. The summed E-state index contributed by atoms with van der Waals surface area (Å²) in [6, 6.07) is 8.77. The molecule has 2 heterocycles. The quantitative estimate of drug-likeness (QED) is 0.411. The largest absolute Gasteiger partial charge is 0.482 e. The Morgan fingerprint density at radius 3 is 2.40 bits per heavy atom. The number of halogens is 3. The second-order valence-electron chi connectivity index (χ2n) is 8.77. The Morgan fingerprint density at radius 1 is 1.15 bits per heavy atom. The molecule has 1 atom stereocenters. The molecule has 0 bridgehead atoms. The number of hydrogen-bond acceptors (Lipinski definition) is 5. The van der Waals surface area contributed by atoms with E-state index < -0.39 is 82.6 Å². The highest BCUT2D eigenvalue weighted by Gasteiger charge is 2.38. The Hall–Kier alpha value is -5.07. The average Bonchev–Trinajstić information content (AvgIpc) is 2.91. The summed E-state index contributed by atoms with van der Waals surface area (Å²) in [6.07, 6.45) is 0.724. The van der Waals surface area contributed by atoms with Gasteiger partial charge in [-0.05, 0) is 12.5 Å². The Balaban J connectivity index is 1.80. The lowest BCUT2D eigenvalue weighted by Gasteiger charge is -2.39. The van der Waals surface area contributed by atoms with E-state index in [1.54, 1.807) is 37.3 Å². The van der Waals surface area contributed by atoms with E-state index in [0.717, 1.165) is 15.8 Å². The number of hydrogen-bond donors (Lipinski definition) is 2. The molecule has 208 valence electrons. The van der Waals surface area contributed by atoms with Crippen molar-refractivity contribution >= 4 is 17.9 Å². The Kier molecular flexibility index (Phi) is 7.93. The predicted octanol–water partition coefficient (Wildman–Crippen LogP) is 3.38. The lowest BCUT2D eigenvalue weighted by atomic mass is 10.1. The van der Waals surface area contributed by atoms with Crippen LogP contribution in [0, 0.1) is 17.5 Å². The molecular weight excluding hydrogens is 533 g/mol. The van der Waals surface area contributed by atoms with E-state index in [1.807, 2.05) is 0 Å². The van der Waals surface area contributed by atoms with Crippen molar-refractivity contribution in [1.82, 2.24) is 14.9 Å². The van der Waals surface area contributed by atoms with Crippen molar-refractivity contribution in [3.05, 3.63) is 111 Å². The van der Waals surface area contributed by atoms with Crippen molar-refractivity contribution < 1.29 is 37.4 Å². The molecule has 1 unspecified atom stereocenters. The SMILES string of the molecule is C=CC(C)N1CN(C(=O)O)n2cc(C(=O)NCc3c(F)cc(F)cc3F)c(=O)c(OCc3ccccc3)c2C1=O. The van der Waals surface area contributed by atoms with E-state index in [2.05, 4.69) is 11.9 Å². The van der Waals surface area contributed by atoms with Gasteiger partial charge in [0.05, 0.1) is 0 Å². The number of nitrogens with one attached hydrogen (secondary N) is 1. The first-order valence-corrected chi connectivity index (χ1v) is 11.9. The summed E-state index contributed by atoms with van der Waals surface area (Å²) in [6.45, 7) is 3.78. The minimum Gasteiger partial charge on any atom is -0.482 e. The maximum absolute atomic E-state index is 14.1. The number of carbonyl (C=O) groups excluding carboxylic acids is 2. The van der Waals surface area contributed by atoms with E-state index in [1.165, 1.54) is 6.08 Å². The number of pyridine rings is 1. The predicted molar refractivity (Wildman–Crippen MR) is 136 cm³/mol. The number of amides is 3. The van der Waals surface area contributed by atoms with Crippen LogP contribution in [0.25, 0.3) is 0 Å². The first-order valence-electron chi connectivity index (χ1n) is 11.9. The Morgan fingerprint density at radius 2 is 1.80 bits per heavy atom. The molecule has 2 N–H and O–H groups in total. The molecule has 1 aromatic heterocycles. The highest BCUT2D eigenvalue weighted by Crippen LogP contribution is 2.25. The van der Waals surface area contributed by atoms with Gasteiger partial charge in [-0.1, -0.05) is 36.4 Å². The smallest absolute Gasteiger partial charge is 0.428 e. The van der Waals surface area contributed by atoms with Crippen molar-refractivity contribution in [3.63, 3.8) is 0 Å². The molecule has 0 aliphatic carbocycles. The molecule has 0 saturated carbocycles. The van der Waals surface area contributed by atoms with Gasteiger partial charge in [0.1, 0.15) is 36.3 Å². The van der Waals surface area contributed by atoms with Gasteiger partial charge < -0.3 is 20.1 Å². The third kappa shape index (κ3) is 5.39. The Labute approximate surface area is 225 Å². The highest BCUT2D eigenvalue weighted by atomic mass is 19.1. The zero-order valence-electron chi connectivity index (χ0n) is 21.1. The number of benzene rings is 2. The summed E-state index contributed by atoms with van der Waals surface area (Å²) in [4.78, 5) is 53.3. The van der Waals surface area contributed by atoms with Gasteiger partial charge in [0, 0.05) is 36.5 Å². The van der Waals surface area contributed by atoms with Crippen molar-refractivity contribution in [2.24, 2.45) is 0 Å². The maximum atomic E-state index is 14.1. The summed E-state index contributed by atoms with van der Waals surface area (Å²) in [7, 11) is 0. The monoisotopic (exact) mass is 556 g/mol. The number of carboxylic acid groups (broad SMARTS) is 1. The summed E-state index contributed by atoms with van der Waals surface area (Å²) >= 11 is 0. The fourth-order valence-electron chi connectivity index (χ4n) is 4.00. The topological polar surface area (TPSA) is 121 Å². The van der Waals surface area contributed by atoms with Crippen molar-refractivity contribution in [2.75, 3.05) is 11.7 Å². The van der Waals surface area contributed by atoms with Crippen LogP contribution in [0.3, 0.4) is 0 Å². The van der Waals surface area contributed by atoms with Crippen LogP contribution in [0.2, 0.25) is 0 Å². The molecule has 3 amide bonds. The van der Waals surface area contributed by atoms with E-state index in [4.69, 9.17) is 4.74 Å². The van der Waals surface area contributed by atoms with Crippen molar-refractivity contribution in [1.29, 1.82) is 0 Å². The van der Waals surface area contributed by atoms with Gasteiger partial charge in [-0.3, -0.25) is 14.4 Å². The van der Waals surface area contributed by atoms with Gasteiger partial charge in [-0.2, -0.15) is 5.01 Å². The third-order valence-corrected chi connectivity index (χ3v) is 6.21. The van der Waals surface area contributed by atoms with Gasteiger partial charge in [0.25, 0.3) is 11.8 Å². The van der Waals surface area contributed by atoms with Crippen LogP contribution in [0.5, 0.6) is 5.75 Å². The molecule has 10 nitrogen and oxygen atoms in total. The molecule has 0 saturated heterocycles.